The monoisotopic (exact) mass is 443 g/mol. The number of carbonyl (C=O) groups is 2. The van der Waals surface area contributed by atoms with Crippen LogP contribution >= 0.6 is 0 Å². The van der Waals surface area contributed by atoms with E-state index in [9.17, 15) is 9.59 Å². The summed E-state index contributed by atoms with van der Waals surface area (Å²) in [6.07, 6.45) is -0.998. The first-order valence-electron chi connectivity index (χ1n) is 10.5. The van der Waals surface area contributed by atoms with E-state index in [-0.39, 0.29) is 6.79 Å². The SMILES string of the molecule is Cc1nc2cc(C(=O)OC(C)C(=O)Nc3ccc4c(c3)OCO4)ccc2n1-c1ccccc1. The maximum absolute atomic E-state index is 12.7. The number of hydrogen-bond donors (Lipinski definition) is 1. The van der Waals surface area contributed by atoms with Crippen LogP contribution in [-0.2, 0) is 9.53 Å². The number of rotatable bonds is 5. The highest BCUT2D eigenvalue weighted by Crippen LogP contribution is 2.34. The number of nitrogens with zero attached hydrogens (tertiary/aromatic N) is 2. The van der Waals surface area contributed by atoms with Crippen LogP contribution in [0, 0.1) is 6.92 Å². The molecule has 8 heteroatoms. The lowest BCUT2D eigenvalue weighted by Gasteiger charge is -2.14. The average molecular weight is 443 g/mol. The Morgan fingerprint density at radius 3 is 2.64 bits per heavy atom. The smallest absolute Gasteiger partial charge is 0.338 e. The summed E-state index contributed by atoms with van der Waals surface area (Å²) >= 11 is 0. The highest BCUT2D eigenvalue weighted by molar-refractivity contribution is 5.98. The summed E-state index contributed by atoms with van der Waals surface area (Å²) in [6, 6.07) is 20.1. The lowest BCUT2D eigenvalue weighted by Crippen LogP contribution is -2.30. The molecule has 1 amide bonds. The lowest BCUT2D eigenvalue weighted by molar-refractivity contribution is -0.123. The lowest BCUT2D eigenvalue weighted by atomic mass is 10.2. The van der Waals surface area contributed by atoms with E-state index in [0.717, 1.165) is 17.0 Å². The van der Waals surface area contributed by atoms with Crippen LogP contribution < -0.4 is 14.8 Å². The summed E-state index contributed by atoms with van der Waals surface area (Å²) in [6.45, 7) is 3.58. The number of para-hydroxylation sites is 1. The molecule has 1 aromatic heterocycles. The van der Waals surface area contributed by atoms with Crippen LogP contribution in [-0.4, -0.2) is 34.3 Å². The van der Waals surface area contributed by atoms with Gasteiger partial charge in [-0.25, -0.2) is 9.78 Å². The Kier molecular flexibility index (Phi) is 5.18. The maximum Gasteiger partial charge on any atom is 0.338 e. The van der Waals surface area contributed by atoms with Crippen LogP contribution in [0.1, 0.15) is 23.1 Å². The van der Waals surface area contributed by atoms with Crippen molar-refractivity contribution in [3.63, 3.8) is 0 Å². The molecule has 0 radical (unpaired) electrons. The molecule has 5 rings (SSSR count). The van der Waals surface area contributed by atoms with Crippen molar-refractivity contribution in [2.24, 2.45) is 0 Å². The van der Waals surface area contributed by atoms with E-state index in [1.54, 1.807) is 30.3 Å². The number of carbonyl (C=O) groups excluding carboxylic acids is 2. The first kappa shape index (κ1) is 20.6. The molecule has 1 aliphatic rings. The molecule has 0 saturated carbocycles. The average Bonchev–Trinajstić information content (AvgIpc) is 3.41. The van der Waals surface area contributed by atoms with E-state index in [0.29, 0.717) is 28.3 Å². The first-order chi connectivity index (χ1) is 16.0. The Labute approximate surface area is 189 Å². The van der Waals surface area contributed by atoms with Crippen LogP contribution in [0.5, 0.6) is 11.5 Å². The Morgan fingerprint density at radius 2 is 1.82 bits per heavy atom. The van der Waals surface area contributed by atoms with Gasteiger partial charge in [-0.1, -0.05) is 18.2 Å². The second-order valence-corrected chi connectivity index (χ2v) is 7.64. The van der Waals surface area contributed by atoms with E-state index in [4.69, 9.17) is 14.2 Å². The normalized spacial score (nSPS) is 13.0. The van der Waals surface area contributed by atoms with Crippen molar-refractivity contribution in [1.82, 2.24) is 9.55 Å². The summed E-state index contributed by atoms with van der Waals surface area (Å²) in [5, 5.41) is 2.72. The molecule has 2 heterocycles. The second-order valence-electron chi connectivity index (χ2n) is 7.64. The van der Waals surface area contributed by atoms with Crippen molar-refractivity contribution < 1.29 is 23.8 Å². The molecule has 33 heavy (non-hydrogen) atoms. The molecule has 0 saturated heterocycles. The van der Waals surface area contributed by atoms with E-state index < -0.39 is 18.0 Å². The fourth-order valence-electron chi connectivity index (χ4n) is 3.73. The minimum Gasteiger partial charge on any atom is -0.454 e. The zero-order valence-corrected chi connectivity index (χ0v) is 18.1. The van der Waals surface area contributed by atoms with Gasteiger partial charge in [-0.05, 0) is 56.3 Å². The maximum atomic E-state index is 12.7. The quantitative estimate of drug-likeness (QED) is 0.464. The summed E-state index contributed by atoms with van der Waals surface area (Å²) in [5.74, 6) is 0.923. The van der Waals surface area contributed by atoms with E-state index >= 15 is 0 Å². The number of esters is 1. The summed E-state index contributed by atoms with van der Waals surface area (Å²) in [7, 11) is 0. The molecular formula is C25H21N3O5. The zero-order chi connectivity index (χ0) is 22.9. The van der Waals surface area contributed by atoms with E-state index in [2.05, 4.69) is 10.3 Å². The third kappa shape index (κ3) is 3.98. The van der Waals surface area contributed by atoms with Crippen LogP contribution in [0.15, 0.2) is 66.7 Å². The highest BCUT2D eigenvalue weighted by Gasteiger charge is 2.21. The van der Waals surface area contributed by atoms with Gasteiger partial charge in [-0.15, -0.1) is 0 Å². The summed E-state index contributed by atoms with van der Waals surface area (Å²) in [4.78, 5) is 29.8. The summed E-state index contributed by atoms with van der Waals surface area (Å²) in [5.41, 5.74) is 3.38. The molecule has 0 spiro atoms. The first-order valence-corrected chi connectivity index (χ1v) is 10.5. The Bertz CT molecular complexity index is 1360. The molecule has 1 atom stereocenters. The number of fused-ring (bicyclic) bond motifs is 2. The van der Waals surface area contributed by atoms with Crippen molar-refractivity contribution in [2.75, 3.05) is 12.1 Å². The van der Waals surface area contributed by atoms with Crippen LogP contribution in [0.25, 0.3) is 16.7 Å². The number of anilines is 1. The van der Waals surface area contributed by atoms with Crippen LogP contribution in [0.4, 0.5) is 5.69 Å². The molecule has 3 aromatic carbocycles. The van der Waals surface area contributed by atoms with E-state index in [1.807, 2.05) is 47.9 Å². The third-order valence-corrected chi connectivity index (χ3v) is 5.37. The molecule has 0 aliphatic carbocycles. The Hall–Kier alpha value is -4.33. The van der Waals surface area contributed by atoms with Gasteiger partial charge < -0.3 is 19.5 Å². The molecule has 0 bridgehead atoms. The zero-order valence-electron chi connectivity index (χ0n) is 18.1. The van der Waals surface area contributed by atoms with Crippen molar-refractivity contribution >= 4 is 28.6 Å². The van der Waals surface area contributed by atoms with Crippen molar-refractivity contribution in [2.45, 2.75) is 20.0 Å². The third-order valence-electron chi connectivity index (χ3n) is 5.37. The van der Waals surface area contributed by atoms with Gasteiger partial charge in [0.1, 0.15) is 5.82 Å². The van der Waals surface area contributed by atoms with Gasteiger partial charge in [-0.2, -0.15) is 0 Å². The number of nitrogens with one attached hydrogen (secondary N) is 1. The Balaban J connectivity index is 1.30. The second kappa shape index (κ2) is 8.31. The fourth-order valence-corrected chi connectivity index (χ4v) is 3.73. The van der Waals surface area contributed by atoms with Crippen molar-refractivity contribution in [1.29, 1.82) is 0 Å². The number of hydrogen-bond acceptors (Lipinski definition) is 6. The highest BCUT2D eigenvalue weighted by atomic mass is 16.7. The fraction of sp³-hybridized carbons (Fsp3) is 0.160. The van der Waals surface area contributed by atoms with Crippen LogP contribution in [0.3, 0.4) is 0 Å². The van der Waals surface area contributed by atoms with Gasteiger partial charge in [0, 0.05) is 17.4 Å². The van der Waals surface area contributed by atoms with Gasteiger partial charge >= 0.3 is 5.97 Å². The Morgan fingerprint density at radius 1 is 1.03 bits per heavy atom. The van der Waals surface area contributed by atoms with Gasteiger partial charge in [-0.3, -0.25) is 9.36 Å². The number of amides is 1. The van der Waals surface area contributed by atoms with E-state index in [1.165, 1.54) is 6.92 Å². The standard InChI is InChI=1S/C25H21N3O5/c1-15(24(29)27-18-9-11-22-23(13-18)32-14-31-22)33-25(30)17-8-10-21-20(12-17)26-16(2)28(21)19-6-4-3-5-7-19/h3-13,15H,14H2,1-2H3,(H,27,29). The van der Waals surface area contributed by atoms with Crippen molar-refractivity contribution in [3.05, 3.63) is 78.1 Å². The van der Waals surface area contributed by atoms with Gasteiger partial charge in [0.2, 0.25) is 6.79 Å². The van der Waals surface area contributed by atoms with Crippen molar-refractivity contribution in [3.8, 4) is 17.2 Å². The minimum atomic E-state index is -0.998. The molecule has 166 valence electrons. The number of imidazole rings is 1. The predicted octanol–water partition coefficient (Wildman–Crippen LogP) is 4.25. The molecule has 4 aromatic rings. The largest absolute Gasteiger partial charge is 0.454 e. The van der Waals surface area contributed by atoms with Gasteiger partial charge in [0.15, 0.2) is 17.6 Å². The van der Waals surface area contributed by atoms with Crippen LogP contribution in [0.2, 0.25) is 0 Å². The van der Waals surface area contributed by atoms with Gasteiger partial charge in [0.25, 0.3) is 5.91 Å². The molecule has 1 aliphatic heterocycles. The predicted molar refractivity (Wildman–Crippen MR) is 122 cm³/mol. The number of aryl methyl sites for hydroxylation is 1. The summed E-state index contributed by atoms with van der Waals surface area (Å²) < 4.78 is 18.0. The topological polar surface area (TPSA) is 91.7 Å². The number of ether oxygens (including phenoxy) is 3. The van der Waals surface area contributed by atoms with Gasteiger partial charge in [0.05, 0.1) is 16.6 Å². The molecule has 1 unspecified atom stereocenters. The molecular weight excluding hydrogens is 422 g/mol. The molecule has 0 fully saturated rings. The molecule has 8 nitrogen and oxygen atoms in total. The molecule has 1 N–H and O–H groups in total. The number of aromatic nitrogens is 2. The minimum absolute atomic E-state index is 0.147. The number of benzene rings is 3.